The number of nitrogens with zero attached hydrogens (tertiary/aromatic N) is 1. The number of aromatic amines is 1. The number of piperidine rings is 1. The minimum absolute atomic E-state index is 0.0423. The van der Waals surface area contributed by atoms with Crippen LogP contribution in [0.25, 0.3) is 10.9 Å². The number of nitrogens with one attached hydrogen (secondary N) is 1. The van der Waals surface area contributed by atoms with Crippen LogP contribution in [0.15, 0.2) is 24.3 Å². The first kappa shape index (κ1) is 17.3. The van der Waals surface area contributed by atoms with Crippen LogP contribution in [-0.4, -0.2) is 48.4 Å². The minimum Gasteiger partial charge on any atom is -0.469 e. The monoisotopic (exact) mass is 354 g/mol. The first-order valence-electron chi connectivity index (χ1n) is 9.46. The van der Waals surface area contributed by atoms with Gasteiger partial charge in [-0.15, -0.1) is 0 Å². The van der Waals surface area contributed by atoms with E-state index in [0.717, 1.165) is 35.1 Å². The van der Waals surface area contributed by atoms with Crippen molar-refractivity contribution in [2.24, 2.45) is 17.8 Å². The predicted octanol–water partition coefficient (Wildman–Crippen LogP) is 3.04. The molecular weight excluding hydrogens is 328 g/mol. The zero-order valence-electron chi connectivity index (χ0n) is 15.6. The number of methoxy groups -OCH3 is 1. The van der Waals surface area contributed by atoms with Gasteiger partial charge < -0.3 is 14.6 Å². The molecule has 5 heteroatoms. The summed E-state index contributed by atoms with van der Waals surface area (Å²) in [5.41, 5.74) is 2.77. The number of carbonyl (C=O) groups excluding carboxylic acids is 2. The fraction of sp³-hybridized carbons (Fsp3) is 0.524. The first-order valence-corrected chi connectivity index (χ1v) is 9.46. The van der Waals surface area contributed by atoms with E-state index in [0.29, 0.717) is 18.8 Å². The van der Waals surface area contributed by atoms with Crippen molar-refractivity contribution in [3.8, 4) is 0 Å². The number of likely N-dealkylation sites (N-methyl/N-ethyl adjacent to an activating group) is 1. The van der Waals surface area contributed by atoms with Gasteiger partial charge in [0.15, 0.2) is 5.78 Å². The lowest BCUT2D eigenvalue weighted by Crippen LogP contribution is -2.56. The van der Waals surface area contributed by atoms with Crippen LogP contribution in [0.2, 0.25) is 0 Å². The molecule has 0 unspecified atom stereocenters. The number of Topliss-reactive ketones (excluding diaryl/α,β-unsaturated/α-hetero) is 1. The Labute approximate surface area is 153 Å². The van der Waals surface area contributed by atoms with E-state index >= 15 is 0 Å². The average molecular weight is 354 g/mol. The highest BCUT2D eigenvalue weighted by Crippen LogP contribution is 2.42. The molecule has 4 rings (SSSR count). The van der Waals surface area contributed by atoms with E-state index in [1.165, 1.54) is 7.11 Å². The maximum atomic E-state index is 13.1. The Morgan fingerprint density at radius 3 is 2.81 bits per heavy atom. The number of hydrogen-bond donors (Lipinski definition) is 1. The summed E-state index contributed by atoms with van der Waals surface area (Å²) < 4.78 is 5.17. The number of aromatic nitrogens is 1. The highest BCUT2D eigenvalue weighted by Gasteiger charge is 2.48. The van der Waals surface area contributed by atoms with E-state index in [1.54, 1.807) is 0 Å². The van der Waals surface area contributed by atoms with Crippen molar-refractivity contribution >= 4 is 22.7 Å². The molecule has 1 fully saturated rings. The number of hydrogen-bond acceptors (Lipinski definition) is 4. The van der Waals surface area contributed by atoms with E-state index in [4.69, 9.17) is 4.74 Å². The van der Waals surface area contributed by atoms with Gasteiger partial charge >= 0.3 is 5.97 Å². The Bertz CT molecular complexity index is 856. The second-order valence-electron chi connectivity index (χ2n) is 7.74. The molecule has 1 aliphatic heterocycles. The van der Waals surface area contributed by atoms with Crippen molar-refractivity contribution in [3.63, 3.8) is 0 Å². The molecule has 2 aromatic rings. The molecular formula is C21H26N2O3. The lowest BCUT2D eigenvalue weighted by atomic mass is 9.67. The summed E-state index contributed by atoms with van der Waals surface area (Å²) in [7, 11) is 3.55. The molecule has 1 aliphatic carbocycles. The summed E-state index contributed by atoms with van der Waals surface area (Å²) >= 11 is 0. The van der Waals surface area contributed by atoms with E-state index in [2.05, 4.69) is 29.9 Å². The number of ether oxygens (including phenoxy) is 1. The van der Waals surface area contributed by atoms with Crippen molar-refractivity contribution in [1.82, 2.24) is 9.88 Å². The second kappa shape index (κ2) is 6.54. The topological polar surface area (TPSA) is 62.4 Å². The molecule has 5 nitrogen and oxygen atoms in total. The van der Waals surface area contributed by atoms with Crippen LogP contribution in [-0.2, 0) is 16.0 Å². The number of rotatable bonds is 2. The number of benzene rings is 1. The molecule has 2 heterocycles. The number of likely N-dealkylation sites (tertiary alicyclic amines) is 1. The maximum absolute atomic E-state index is 13.1. The molecule has 1 aromatic heterocycles. The van der Waals surface area contributed by atoms with Crippen LogP contribution in [0.4, 0.5) is 0 Å². The SMILES string of the molecule is CC[C@@H]1CN(C)[C@H]2Cc3c([nH]c4ccccc34)C(=O)C[C@@H]1[C@@H]2C(=O)OC. The smallest absolute Gasteiger partial charge is 0.310 e. The summed E-state index contributed by atoms with van der Waals surface area (Å²) in [5, 5.41) is 1.09. The number of fused-ring (bicyclic) bond motifs is 5. The average Bonchev–Trinajstić information content (AvgIpc) is 3.01. The van der Waals surface area contributed by atoms with Gasteiger partial charge in [-0.3, -0.25) is 9.59 Å². The Kier molecular flexibility index (Phi) is 4.35. The molecule has 0 amide bonds. The van der Waals surface area contributed by atoms with E-state index in [-0.39, 0.29) is 29.6 Å². The molecule has 1 saturated heterocycles. The lowest BCUT2D eigenvalue weighted by molar-refractivity contribution is -0.154. The standard InChI is InChI=1S/C21H26N2O3/c1-4-12-11-23(2)17-9-15-13-7-5-6-8-16(13)22-20(15)18(24)10-14(12)19(17)21(25)26-3/h5-8,12,14,17,19,22H,4,9-11H2,1-3H3/t12-,14+,17+,19+/m1/s1. The molecule has 0 radical (unpaired) electrons. The molecule has 0 saturated carbocycles. The molecule has 1 N–H and O–H groups in total. The van der Waals surface area contributed by atoms with E-state index in [9.17, 15) is 9.59 Å². The fourth-order valence-corrected chi connectivity index (χ4v) is 5.15. The Morgan fingerprint density at radius 1 is 1.31 bits per heavy atom. The van der Waals surface area contributed by atoms with Crippen LogP contribution >= 0.6 is 0 Å². The summed E-state index contributed by atoms with van der Waals surface area (Å²) in [6.07, 6.45) is 2.05. The normalized spacial score (nSPS) is 29.1. The number of ketones is 1. The summed E-state index contributed by atoms with van der Waals surface area (Å²) in [4.78, 5) is 31.5. The summed E-state index contributed by atoms with van der Waals surface area (Å²) in [5.74, 6) is 0.0584. The number of H-pyrrole nitrogens is 1. The Balaban J connectivity index is 1.88. The Morgan fingerprint density at radius 2 is 2.08 bits per heavy atom. The number of esters is 1. The molecule has 138 valence electrons. The van der Waals surface area contributed by atoms with Crippen molar-refractivity contribution in [3.05, 3.63) is 35.5 Å². The van der Waals surface area contributed by atoms with Crippen molar-refractivity contribution < 1.29 is 14.3 Å². The molecule has 2 bridgehead atoms. The molecule has 2 aliphatic rings. The van der Waals surface area contributed by atoms with Gasteiger partial charge in [-0.05, 0) is 36.9 Å². The fourth-order valence-electron chi connectivity index (χ4n) is 5.15. The van der Waals surface area contributed by atoms with Gasteiger partial charge in [0.2, 0.25) is 0 Å². The molecule has 4 atom stereocenters. The minimum atomic E-state index is -0.255. The van der Waals surface area contributed by atoms with Gasteiger partial charge in [0.25, 0.3) is 0 Å². The van der Waals surface area contributed by atoms with Gasteiger partial charge in [0.05, 0.1) is 18.7 Å². The largest absolute Gasteiger partial charge is 0.469 e. The molecule has 0 spiro atoms. The first-order chi connectivity index (χ1) is 12.5. The summed E-state index contributed by atoms with van der Waals surface area (Å²) in [6.45, 7) is 3.06. The van der Waals surface area contributed by atoms with Gasteiger partial charge in [-0.1, -0.05) is 31.5 Å². The van der Waals surface area contributed by atoms with Crippen LogP contribution in [0.1, 0.15) is 35.8 Å². The molecule has 26 heavy (non-hydrogen) atoms. The van der Waals surface area contributed by atoms with Crippen LogP contribution in [0.5, 0.6) is 0 Å². The van der Waals surface area contributed by atoms with Crippen molar-refractivity contribution in [2.45, 2.75) is 32.2 Å². The number of para-hydroxylation sites is 1. The highest BCUT2D eigenvalue weighted by atomic mass is 16.5. The predicted molar refractivity (Wildman–Crippen MR) is 100 cm³/mol. The van der Waals surface area contributed by atoms with E-state index < -0.39 is 0 Å². The second-order valence-corrected chi connectivity index (χ2v) is 7.74. The number of carbonyl (C=O) groups is 2. The van der Waals surface area contributed by atoms with Crippen LogP contribution in [0.3, 0.4) is 0 Å². The maximum Gasteiger partial charge on any atom is 0.310 e. The third kappa shape index (κ3) is 2.57. The van der Waals surface area contributed by atoms with Crippen LogP contribution in [0, 0.1) is 17.8 Å². The third-order valence-corrected chi connectivity index (χ3v) is 6.49. The van der Waals surface area contributed by atoms with Crippen LogP contribution < -0.4 is 0 Å². The third-order valence-electron chi connectivity index (χ3n) is 6.49. The highest BCUT2D eigenvalue weighted by molar-refractivity contribution is 6.03. The van der Waals surface area contributed by atoms with Crippen molar-refractivity contribution in [2.75, 3.05) is 20.7 Å². The van der Waals surface area contributed by atoms with Gasteiger partial charge in [-0.2, -0.15) is 0 Å². The van der Waals surface area contributed by atoms with E-state index in [1.807, 2.05) is 18.2 Å². The van der Waals surface area contributed by atoms with Gasteiger partial charge in [0, 0.05) is 29.9 Å². The zero-order valence-corrected chi connectivity index (χ0v) is 15.6. The van der Waals surface area contributed by atoms with Gasteiger partial charge in [-0.25, -0.2) is 0 Å². The lowest BCUT2D eigenvalue weighted by Gasteiger charge is -2.47. The summed E-state index contributed by atoms with van der Waals surface area (Å²) in [6, 6.07) is 8.10. The zero-order chi connectivity index (χ0) is 18.4. The van der Waals surface area contributed by atoms with Crippen molar-refractivity contribution in [1.29, 1.82) is 0 Å². The molecule has 1 aromatic carbocycles. The quantitative estimate of drug-likeness (QED) is 0.842. The Hall–Kier alpha value is -2.14. The van der Waals surface area contributed by atoms with Gasteiger partial charge in [0.1, 0.15) is 0 Å².